The highest BCUT2D eigenvalue weighted by atomic mass is 32.2. The van der Waals surface area contributed by atoms with Crippen LogP contribution in [0.4, 0.5) is 5.69 Å². The Kier molecular flexibility index (Phi) is 5.19. The number of ether oxygens (including phenoxy) is 1. The predicted octanol–water partition coefficient (Wildman–Crippen LogP) is 3.01. The molecular weight excluding hydrogens is 412 g/mol. The molecule has 0 amide bonds. The molecule has 31 heavy (non-hydrogen) atoms. The SMILES string of the molecule is Cn1cnc(S(=O)(=O)N2C[C@H](Nc3ccc4c(c3)CCCO4)[C@@H](c3ccccc3)C2)c1. The quantitative estimate of drug-likeness (QED) is 0.663. The van der Waals surface area contributed by atoms with Crippen LogP contribution < -0.4 is 10.1 Å². The molecule has 0 spiro atoms. The molecule has 162 valence electrons. The molecule has 3 aromatic rings. The van der Waals surface area contributed by atoms with Gasteiger partial charge in [-0.25, -0.2) is 13.4 Å². The zero-order valence-electron chi connectivity index (χ0n) is 17.4. The summed E-state index contributed by atoms with van der Waals surface area (Å²) >= 11 is 0. The van der Waals surface area contributed by atoms with Crippen LogP contribution in [0, 0.1) is 0 Å². The van der Waals surface area contributed by atoms with Gasteiger partial charge in [0, 0.05) is 44.0 Å². The van der Waals surface area contributed by atoms with Crippen molar-refractivity contribution in [3.63, 3.8) is 0 Å². The zero-order valence-corrected chi connectivity index (χ0v) is 18.3. The summed E-state index contributed by atoms with van der Waals surface area (Å²) in [7, 11) is -1.89. The van der Waals surface area contributed by atoms with Gasteiger partial charge in [0.2, 0.25) is 0 Å². The number of fused-ring (bicyclic) bond motifs is 1. The molecule has 0 radical (unpaired) electrons. The summed E-state index contributed by atoms with van der Waals surface area (Å²) in [6.45, 7) is 1.56. The number of aryl methyl sites for hydroxylation is 2. The monoisotopic (exact) mass is 438 g/mol. The van der Waals surface area contributed by atoms with Crippen LogP contribution in [0.3, 0.4) is 0 Å². The summed E-state index contributed by atoms with van der Waals surface area (Å²) in [4.78, 5) is 4.09. The highest BCUT2D eigenvalue weighted by Crippen LogP contribution is 2.34. The fourth-order valence-electron chi connectivity index (χ4n) is 4.47. The Balaban J connectivity index is 1.44. The topological polar surface area (TPSA) is 76.5 Å². The van der Waals surface area contributed by atoms with Crippen LogP contribution in [0.15, 0.2) is 66.1 Å². The van der Waals surface area contributed by atoms with Gasteiger partial charge in [-0.3, -0.25) is 0 Å². The molecule has 5 rings (SSSR count). The number of imidazole rings is 1. The summed E-state index contributed by atoms with van der Waals surface area (Å²) in [5, 5.41) is 3.70. The van der Waals surface area contributed by atoms with E-state index in [0.29, 0.717) is 13.1 Å². The van der Waals surface area contributed by atoms with Crippen molar-refractivity contribution >= 4 is 15.7 Å². The zero-order chi connectivity index (χ0) is 21.4. The van der Waals surface area contributed by atoms with E-state index in [-0.39, 0.29) is 17.0 Å². The Bertz CT molecular complexity index is 1180. The normalized spacial score (nSPS) is 21.5. The molecule has 1 fully saturated rings. The molecule has 0 bridgehead atoms. The van der Waals surface area contributed by atoms with Gasteiger partial charge < -0.3 is 14.6 Å². The number of benzene rings is 2. The number of sulfonamides is 1. The maximum atomic E-state index is 13.2. The first kappa shape index (κ1) is 20.1. The lowest BCUT2D eigenvalue weighted by Crippen LogP contribution is -2.32. The van der Waals surface area contributed by atoms with Crippen molar-refractivity contribution in [3.8, 4) is 5.75 Å². The molecule has 2 atom stereocenters. The molecule has 7 nitrogen and oxygen atoms in total. The van der Waals surface area contributed by atoms with Gasteiger partial charge in [-0.05, 0) is 42.2 Å². The number of aromatic nitrogens is 2. The van der Waals surface area contributed by atoms with Crippen LogP contribution in [-0.2, 0) is 23.5 Å². The lowest BCUT2D eigenvalue weighted by Gasteiger charge is -2.23. The highest BCUT2D eigenvalue weighted by molar-refractivity contribution is 7.89. The van der Waals surface area contributed by atoms with Crippen LogP contribution in [-0.4, -0.2) is 48.0 Å². The first-order valence-electron chi connectivity index (χ1n) is 10.6. The maximum Gasteiger partial charge on any atom is 0.262 e. The number of nitrogens with zero attached hydrogens (tertiary/aromatic N) is 3. The standard InChI is InChI=1S/C23H26N4O3S/c1-26-15-23(24-16-26)31(28,29)27-13-20(17-6-3-2-4-7-17)21(14-27)25-19-9-10-22-18(12-19)8-5-11-30-22/h2-4,6-7,9-10,12,15-16,20-21,25H,5,8,11,13-14H2,1H3/t20-,21+/m1/s1. The van der Waals surface area contributed by atoms with E-state index >= 15 is 0 Å². The molecule has 2 aliphatic heterocycles. The molecule has 2 aromatic carbocycles. The summed E-state index contributed by atoms with van der Waals surface area (Å²) in [5.74, 6) is 0.981. The second-order valence-corrected chi connectivity index (χ2v) is 10.1. The molecule has 0 aliphatic carbocycles. The van der Waals surface area contributed by atoms with E-state index in [1.165, 1.54) is 11.9 Å². The molecule has 0 unspecified atom stereocenters. The average Bonchev–Trinajstić information content (AvgIpc) is 3.42. The van der Waals surface area contributed by atoms with E-state index in [9.17, 15) is 8.42 Å². The largest absolute Gasteiger partial charge is 0.493 e. The first-order chi connectivity index (χ1) is 15.0. The predicted molar refractivity (Wildman–Crippen MR) is 119 cm³/mol. The molecule has 2 aliphatic rings. The van der Waals surface area contributed by atoms with Crippen LogP contribution >= 0.6 is 0 Å². The van der Waals surface area contributed by atoms with Gasteiger partial charge in [-0.2, -0.15) is 4.31 Å². The van der Waals surface area contributed by atoms with Crippen molar-refractivity contribution in [2.75, 3.05) is 25.0 Å². The molecule has 1 saturated heterocycles. The Morgan fingerprint density at radius 1 is 1.13 bits per heavy atom. The third-order valence-corrected chi connectivity index (χ3v) is 7.78. The van der Waals surface area contributed by atoms with Gasteiger partial charge >= 0.3 is 0 Å². The van der Waals surface area contributed by atoms with E-state index in [1.807, 2.05) is 30.3 Å². The summed E-state index contributed by atoms with van der Waals surface area (Å²) in [5.41, 5.74) is 3.32. The maximum absolute atomic E-state index is 13.2. The number of hydrogen-bond donors (Lipinski definition) is 1. The van der Waals surface area contributed by atoms with Gasteiger partial charge in [0.1, 0.15) is 5.75 Å². The molecule has 3 heterocycles. The van der Waals surface area contributed by atoms with Crippen molar-refractivity contribution in [2.45, 2.75) is 29.8 Å². The molecule has 1 N–H and O–H groups in total. The number of rotatable bonds is 5. The minimum absolute atomic E-state index is 0.0342. The Hall–Kier alpha value is -2.84. The van der Waals surface area contributed by atoms with Crippen molar-refractivity contribution in [3.05, 3.63) is 72.2 Å². The average molecular weight is 439 g/mol. The molecular formula is C23H26N4O3S. The van der Waals surface area contributed by atoms with Crippen LogP contribution in [0.2, 0.25) is 0 Å². The fraction of sp³-hybridized carbons (Fsp3) is 0.348. The third kappa shape index (κ3) is 3.93. The van der Waals surface area contributed by atoms with E-state index in [2.05, 4.69) is 28.5 Å². The minimum atomic E-state index is -3.66. The summed E-state index contributed by atoms with van der Waals surface area (Å²) < 4.78 is 35.4. The van der Waals surface area contributed by atoms with E-state index in [1.54, 1.807) is 22.1 Å². The number of hydrogen-bond acceptors (Lipinski definition) is 5. The van der Waals surface area contributed by atoms with Crippen LogP contribution in [0.5, 0.6) is 5.75 Å². The fourth-order valence-corrected chi connectivity index (χ4v) is 5.92. The minimum Gasteiger partial charge on any atom is -0.493 e. The van der Waals surface area contributed by atoms with Crippen molar-refractivity contribution < 1.29 is 13.2 Å². The lowest BCUT2D eigenvalue weighted by molar-refractivity contribution is 0.288. The Morgan fingerprint density at radius 2 is 1.97 bits per heavy atom. The van der Waals surface area contributed by atoms with Crippen molar-refractivity contribution in [2.24, 2.45) is 7.05 Å². The van der Waals surface area contributed by atoms with E-state index in [4.69, 9.17) is 4.74 Å². The first-order valence-corrected chi connectivity index (χ1v) is 12.0. The summed E-state index contributed by atoms with van der Waals surface area (Å²) in [6, 6.07) is 16.2. The molecule has 8 heteroatoms. The van der Waals surface area contributed by atoms with E-state index < -0.39 is 10.0 Å². The van der Waals surface area contributed by atoms with Gasteiger partial charge in [-0.1, -0.05) is 30.3 Å². The Morgan fingerprint density at radius 3 is 2.74 bits per heavy atom. The second-order valence-electron chi connectivity index (χ2n) is 8.24. The molecule has 0 saturated carbocycles. The number of anilines is 1. The van der Waals surface area contributed by atoms with Crippen LogP contribution in [0.25, 0.3) is 0 Å². The number of nitrogens with one attached hydrogen (secondary N) is 1. The lowest BCUT2D eigenvalue weighted by atomic mass is 9.94. The van der Waals surface area contributed by atoms with Gasteiger partial charge in [0.15, 0.2) is 5.03 Å². The van der Waals surface area contributed by atoms with Gasteiger partial charge in [-0.15, -0.1) is 0 Å². The second kappa shape index (κ2) is 8.01. The van der Waals surface area contributed by atoms with Crippen LogP contribution in [0.1, 0.15) is 23.5 Å². The Labute approximate surface area is 182 Å². The van der Waals surface area contributed by atoms with Gasteiger partial charge in [0.05, 0.1) is 12.9 Å². The van der Waals surface area contributed by atoms with Gasteiger partial charge in [0.25, 0.3) is 10.0 Å². The van der Waals surface area contributed by atoms with Crippen molar-refractivity contribution in [1.29, 1.82) is 0 Å². The smallest absolute Gasteiger partial charge is 0.262 e. The van der Waals surface area contributed by atoms with E-state index in [0.717, 1.165) is 36.4 Å². The summed E-state index contributed by atoms with van der Waals surface area (Å²) in [6.07, 6.45) is 5.08. The highest BCUT2D eigenvalue weighted by Gasteiger charge is 2.41. The van der Waals surface area contributed by atoms with Crippen molar-refractivity contribution in [1.82, 2.24) is 13.9 Å². The molecule has 1 aromatic heterocycles. The third-order valence-electron chi connectivity index (χ3n) is 6.06.